The van der Waals surface area contributed by atoms with Crippen molar-refractivity contribution in [2.75, 3.05) is 19.0 Å². The third-order valence-corrected chi connectivity index (χ3v) is 3.02. The molecule has 0 fully saturated rings. The Bertz CT molecular complexity index is 603. The van der Waals surface area contributed by atoms with Gasteiger partial charge in [0.1, 0.15) is 5.75 Å². The highest BCUT2D eigenvalue weighted by molar-refractivity contribution is 5.56. The van der Waals surface area contributed by atoms with Crippen LogP contribution < -0.4 is 10.1 Å². The maximum Gasteiger partial charge on any atom is 0.141 e. The molecule has 0 radical (unpaired) electrons. The molecule has 102 valence electrons. The number of anilines is 1. The molecule has 0 bridgehead atoms. The van der Waals surface area contributed by atoms with Crippen LogP contribution in [0, 0.1) is 11.3 Å². The Morgan fingerprint density at radius 2 is 1.90 bits per heavy atom. The van der Waals surface area contributed by atoms with Gasteiger partial charge in [-0.2, -0.15) is 5.26 Å². The van der Waals surface area contributed by atoms with E-state index >= 15 is 0 Å². The number of para-hydroxylation sites is 2. The van der Waals surface area contributed by atoms with Crippen LogP contribution in [0.5, 0.6) is 5.75 Å². The monoisotopic (exact) mass is 268 g/mol. The van der Waals surface area contributed by atoms with Crippen LogP contribution >= 0.6 is 0 Å². The Kier molecular flexibility index (Phi) is 4.59. The molecule has 4 nitrogen and oxygen atoms in total. The molecule has 0 saturated carbocycles. The molecule has 0 aliphatic rings. The number of nitrogens with one attached hydrogen (secondary N) is 1. The lowest BCUT2D eigenvalue weighted by molar-refractivity contribution is 0.191. The van der Waals surface area contributed by atoms with Gasteiger partial charge in [-0.15, -0.1) is 0 Å². The van der Waals surface area contributed by atoms with Crippen molar-refractivity contribution in [2.24, 2.45) is 0 Å². The van der Waals surface area contributed by atoms with E-state index in [-0.39, 0.29) is 0 Å². The van der Waals surface area contributed by atoms with Crippen molar-refractivity contribution >= 4 is 5.69 Å². The van der Waals surface area contributed by atoms with Crippen LogP contribution in [0.3, 0.4) is 0 Å². The summed E-state index contributed by atoms with van der Waals surface area (Å²) in [6.07, 6.45) is -0.646. The molecule has 20 heavy (non-hydrogen) atoms. The normalized spacial score (nSPS) is 11.4. The highest BCUT2D eigenvalue weighted by atomic mass is 16.5. The summed E-state index contributed by atoms with van der Waals surface area (Å²) in [6.45, 7) is 0.367. The summed E-state index contributed by atoms with van der Waals surface area (Å²) in [5, 5.41) is 22.0. The van der Waals surface area contributed by atoms with Crippen molar-refractivity contribution in [1.82, 2.24) is 0 Å². The molecule has 0 amide bonds. The first-order valence-electron chi connectivity index (χ1n) is 6.29. The molecule has 0 aliphatic heterocycles. The molecule has 1 unspecified atom stereocenters. The number of aliphatic hydroxyl groups excluding tert-OH is 1. The largest absolute Gasteiger partial charge is 0.495 e. The van der Waals surface area contributed by atoms with Gasteiger partial charge >= 0.3 is 0 Å². The minimum Gasteiger partial charge on any atom is -0.495 e. The summed E-state index contributed by atoms with van der Waals surface area (Å²) in [7, 11) is 1.61. The predicted octanol–water partition coefficient (Wildman–Crippen LogP) is 2.71. The van der Waals surface area contributed by atoms with Gasteiger partial charge in [0.25, 0.3) is 0 Å². The zero-order valence-electron chi connectivity index (χ0n) is 11.2. The number of hydrogen-bond acceptors (Lipinski definition) is 4. The van der Waals surface area contributed by atoms with Gasteiger partial charge in [0, 0.05) is 6.54 Å². The molecule has 0 aromatic heterocycles. The standard InChI is InChI=1S/C16H16N2O2/c1-20-16-5-3-2-4-14(16)18-11-15(19)13-8-6-12(10-17)7-9-13/h2-9,15,18-19H,11H2,1H3. The van der Waals surface area contributed by atoms with Crippen LogP contribution in [-0.2, 0) is 0 Å². The molecule has 0 heterocycles. The predicted molar refractivity (Wildman–Crippen MR) is 77.6 cm³/mol. The summed E-state index contributed by atoms with van der Waals surface area (Å²) in [4.78, 5) is 0. The number of ether oxygens (including phenoxy) is 1. The Morgan fingerprint density at radius 3 is 2.55 bits per heavy atom. The van der Waals surface area contributed by atoms with E-state index in [0.717, 1.165) is 17.0 Å². The third kappa shape index (κ3) is 3.28. The lowest BCUT2D eigenvalue weighted by atomic mass is 10.1. The first kappa shape index (κ1) is 13.9. The average Bonchev–Trinajstić information content (AvgIpc) is 2.53. The minimum absolute atomic E-state index is 0.367. The lowest BCUT2D eigenvalue weighted by Crippen LogP contribution is -2.12. The Hall–Kier alpha value is -2.51. The number of hydrogen-bond donors (Lipinski definition) is 2. The maximum absolute atomic E-state index is 10.1. The second-order valence-electron chi connectivity index (χ2n) is 4.33. The van der Waals surface area contributed by atoms with Crippen LogP contribution in [0.25, 0.3) is 0 Å². The first-order valence-corrected chi connectivity index (χ1v) is 6.29. The van der Waals surface area contributed by atoms with Crippen molar-refractivity contribution in [2.45, 2.75) is 6.10 Å². The number of nitriles is 1. The molecule has 0 aliphatic carbocycles. The molecule has 0 saturated heterocycles. The third-order valence-electron chi connectivity index (χ3n) is 3.02. The van der Waals surface area contributed by atoms with Gasteiger partial charge in [0.05, 0.1) is 30.5 Å². The van der Waals surface area contributed by atoms with Crippen LogP contribution in [0.15, 0.2) is 48.5 Å². The second-order valence-corrected chi connectivity index (χ2v) is 4.33. The van der Waals surface area contributed by atoms with Crippen LogP contribution in [0.4, 0.5) is 5.69 Å². The van der Waals surface area contributed by atoms with E-state index in [2.05, 4.69) is 11.4 Å². The van der Waals surface area contributed by atoms with E-state index in [1.807, 2.05) is 24.3 Å². The number of benzene rings is 2. The maximum atomic E-state index is 10.1. The SMILES string of the molecule is COc1ccccc1NCC(O)c1ccc(C#N)cc1. The summed E-state index contributed by atoms with van der Waals surface area (Å²) >= 11 is 0. The van der Waals surface area contributed by atoms with Gasteiger partial charge in [-0.05, 0) is 29.8 Å². The summed E-state index contributed by atoms with van der Waals surface area (Å²) < 4.78 is 5.23. The van der Waals surface area contributed by atoms with Crippen molar-refractivity contribution in [3.8, 4) is 11.8 Å². The molecule has 1 atom stereocenters. The van der Waals surface area contributed by atoms with E-state index in [4.69, 9.17) is 10.00 Å². The first-order chi connectivity index (χ1) is 9.74. The lowest BCUT2D eigenvalue weighted by Gasteiger charge is -2.15. The van der Waals surface area contributed by atoms with E-state index in [1.54, 1.807) is 31.4 Å². The quantitative estimate of drug-likeness (QED) is 0.875. The summed E-state index contributed by atoms with van der Waals surface area (Å²) in [6, 6.07) is 16.5. The summed E-state index contributed by atoms with van der Waals surface area (Å²) in [5.41, 5.74) is 2.19. The van der Waals surface area contributed by atoms with Crippen LogP contribution in [0.2, 0.25) is 0 Å². The summed E-state index contributed by atoms with van der Waals surface area (Å²) in [5.74, 6) is 0.736. The van der Waals surface area contributed by atoms with E-state index in [9.17, 15) is 5.11 Å². The molecule has 0 spiro atoms. The van der Waals surface area contributed by atoms with E-state index in [0.29, 0.717) is 12.1 Å². The van der Waals surface area contributed by atoms with Gasteiger partial charge in [0.15, 0.2) is 0 Å². The number of nitrogens with zero attached hydrogens (tertiary/aromatic N) is 1. The molecule has 2 aromatic rings. The highest BCUT2D eigenvalue weighted by Gasteiger charge is 2.08. The zero-order chi connectivity index (χ0) is 14.4. The zero-order valence-corrected chi connectivity index (χ0v) is 11.2. The number of methoxy groups -OCH3 is 1. The average molecular weight is 268 g/mol. The van der Waals surface area contributed by atoms with Crippen LogP contribution in [0.1, 0.15) is 17.2 Å². The van der Waals surface area contributed by atoms with E-state index in [1.165, 1.54) is 0 Å². The molecule has 4 heteroatoms. The van der Waals surface area contributed by atoms with Crippen LogP contribution in [-0.4, -0.2) is 18.8 Å². The molecule has 2 aromatic carbocycles. The van der Waals surface area contributed by atoms with Crippen molar-refractivity contribution in [3.63, 3.8) is 0 Å². The molecule has 2 rings (SSSR count). The van der Waals surface area contributed by atoms with Crippen molar-refractivity contribution in [1.29, 1.82) is 5.26 Å². The van der Waals surface area contributed by atoms with Crippen molar-refractivity contribution < 1.29 is 9.84 Å². The van der Waals surface area contributed by atoms with Gasteiger partial charge in [-0.25, -0.2) is 0 Å². The van der Waals surface area contributed by atoms with Gasteiger partial charge < -0.3 is 15.2 Å². The Labute approximate surface area is 118 Å². The van der Waals surface area contributed by atoms with Gasteiger partial charge in [-0.3, -0.25) is 0 Å². The topological polar surface area (TPSA) is 65.3 Å². The van der Waals surface area contributed by atoms with Gasteiger partial charge in [-0.1, -0.05) is 24.3 Å². The fourth-order valence-electron chi connectivity index (χ4n) is 1.89. The van der Waals surface area contributed by atoms with E-state index < -0.39 is 6.10 Å². The number of aliphatic hydroxyl groups is 1. The number of rotatable bonds is 5. The van der Waals surface area contributed by atoms with Crippen molar-refractivity contribution in [3.05, 3.63) is 59.7 Å². The van der Waals surface area contributed by atoms with Gasteiger partial charge in [0.2, 0.25) is 0 Å². The fraction of sp³-hybridized carbons (Fsp3) is 0.188. The highest BCUT2D eigenvalue weighted by Crippen LogP contribution is 2.24. The smallest absolute Gasteiger partial charge is 0.141 e. The fourth-order valence-corrected chi connectivity index (χ4v) is 1.89. The minimum atomic E-state index is -0.646. The molecule has 2 N–H and O–H groups in total. The molecular formula is C16H16N2O2. The Balaban J connectivity index is 2.01. The molecular weight excluding hydrogens is 252 g/mol. The Morgan fingerprint density at radius 1 is 1.20 bits per heavy atom. The second kappa shape index (κ2) is 6.60.